The summed E-state index contributed by atoms with van der Waals surface area (Å²) in [6, 6.07) is 7.66. The normalized spacial score (nSPS) is 10.9. The van der Waals surface area contributed by atoms with Gasteiger partial charge in [0, 0.05) is 30.9 Å². The minimum absolute atomic E-state index is 0.0335. The second-order valence-electron chi connectivity index (χ2n) is 5.12. The first kappa shape index (κ1) is 15.8. The Balaban J connectivity index is 1.90. The van der Waals surface area contributed by atoms with E-state index in [2.05, 4.69) is 5.10 Å². The van der Waals surface area contributed by atoms with Crippen molar-refractivity contribution in [2.24, 2.45) is 7.05 Å². The van der Waals surface area contributed by atoms with Gasteiger partial charge in [0.1, 0.15) is 11.4 Å². The van der Waals surface area contributed by atoms with Gasteiger partial charge in [0.25, 0.3) is 5.91 Å². The zero-order valence-corrected chi connectivity index (χ0v) is 14.5. The van der Waals surface area contributed by atoms with Gasteiger partial charge in [-0.05, 0) is 31.2 Å². The standard InChI is InChI=1S/C16H17ClN4OS/c1-3-20(11-12-6-7-14(17)23-12)16(22)13-10-18-19(2)15(13)21-8-4-5-9-21/h4-10H,3,11H2,1-2H3. The number of aromatic nitrogens is 3. The van der Waals surface area contributed by atoms with Gasteiger partial charge in [0.15, 0.2) is 0 Å². The summed E-state index contributed by atoms with van der Waals surface area (Å²) in [5.74, 6) is 0.733. The van der Waals surface area contributed by atoms with Crippen LogP contribution in [0.25, 0.3) is 5.82 Å². The van der Waals surface area contributed by atoms with E-state index in [1.54, 1.807) is 15.8 Å². The summed E-state index contributed by atoms with van der Waals surface area (Å²) in [7, 11) is 1.83. The van der Waals surface area contributed by atoms with Crippen LogP contribution in [0.15, 0.2) is 42.9 Å². The molecule has 0 saturated heterocycles. The molecule has 0 unspecified atom stereocenters. The van der Waals surface area contributed by atoms with Crippen molar-refractivity contribution in [2.75, 3.05) is 6.54 Å². The summed E-state index contributed by atoms with van der Waals surface area (Å²) in [5.41, 5.74) is 0.591. The van der Waals surface area contributed by atoms with Crippen LogP contribution in [0.1, 0.15) is 22.2 Å². The molecule has 7 heteroatoms. The fraction of sp³-hybridized carbons (Fsp3) is 0.250. The lowest BCUT2D eigenvalue weighted by atomic mass is 10.2. The monoisotopic (exact) mass is 348 g/mol. The summed E-state index contributed by atoms with van der Waals surface area (Å²) in [4.78, 5) is 15.8. The van der Waals surface area contributed by atoms with Crippen LogP contribution in [-0.2, 0) is 13.6 Å². The van der Waals surface area contributed by atoms with Crippen molar-refractivity contribution in [3.8, 4) is 5.82 Å². The molecule has 1 amide bonds. The van der Waals surface area contributed by atoms with Gasteiger partial charge >= 0.3 is 0 Å². The van der Waals surface area contributed by atoms with E-state index < -0.39 is 0 Å². The first-order chi connectivity index (χ1) is 11.1. The van der Waals surface area contributed by atoms with Crippen LogP contribution in [0.5, 0.6) is 0 Å². The van der Waals surface area contributed by atoms with E-state index in [0.717, 1.165) is 15.0 Å². The molecule has 0 aliphatic carbocycles. The highest BCUT2D eigenvalue weighted by Gasteiger charge is 2.22. The van der Waals surface area contributed by atoms with Gasteiger partial charge in [-0.1, -0.05) is 11.6 Å². The molecule has 0 aromatic carbocycles. The molecule has 23 heavy (non-hydrogen) atoms. The lowest BCUT2D eigenvalue weighted by Gasteiger charge is -2.20. The van der Waals surface area contributed by atoms with Crippen LogP contribution in [-0.4, -0.2) is 31.7 Å². The van der Waals surface area contributed by atoms with E-state index in [1.165, 1.54) is 11.3 Å². The number of aryl methyl sites for hydroxylation is 1. The van der Waals surface area contributed by atoms with Crippen LogP contribution >= 0.6 is 22.9 Å². The number of halogens is 1. The van der Waals surface area contributed by atoms with Crippen LogP contribution < -0.4 is 0 Å². The summed E-state index contributed by atoms with van der Waals surface area (Å²) < 4.78 is 4.34. The quantitative estimate of drug-likeness (QED) is 0.707. The number of carbonyl (C=O) groups is 1. The minimum atomic E-state index is -0.0335. The molecular weight excluding hydrogens is 332 g/mol. The van der Waals surface area contributed by atoms with Crippen molar-refractivity contribution in [3.63, 3.8) is 0 Å². The zero-order valence-electron chi connectivity index (χ0n) is 12.9. The van der Waals surface area contributed by atoms with Gasteiger partial charge in [-0.3, -0.25) is 9.48 Å². The van der Waals surface area contributed by atoms with Crippen molar-refractivity contribution < 1.29 is 4.79 Å². The van der Waals surface area contributed by atoms with E-state index in [1.807, 2.05) is 55.2 Å². The number of carbonyl (C=O) groups excluding carboxylic acids is 1. The van der Waals surface area contributed by atoms with Crippen molar-refractivity contribution in [1.82, 2.24) is 19.2 Å². The van der Waals surface area contributed by atoms with Crippen molar-refractivity contribution in [2.45, 2.75) is 13.5 Å². The summed E-state index contributed by atoms with van der Waals surface area (Å²) in [6.45, 7) is 3.14. The Bertz CT molecular complexity index is 806. The van der Waals surface area contributed by atoms with E-state index in [4.69, 9.17) is 11.6 Å². The first-order valence-electron chi connectivity index (χ1n) is 7.29. The topological polar surface area (TPSA) is 43.1 Å². The number of hydrogen-bond donors (Lipinski definition) is 0. The Labute approximate surface area is 143 Å². The molecule has 0 fully saturated rings. The van der Waals surface area contributed by atoms with E-state index >= 15 is 0 Å². The number of rotatable bonds is 5. The number of nitrogens with zero attached hydrogens (tertiary/aromatic N) is 4. The van der Waals surface area contributed by atoms with Crippen LogP contribution in [0, 0.1) is 0 Å². The van der Waals surface area contributed by atoms with Crippen LogP contribution in [0.4, 0.5) is 0 Å². The third kappa shape index (κ3) is 3.18. The number of thiophene rings is 1. The van der Waals surface area contributed by atoms with Crippen molar-refractivity contribution >= 4 is 28.8 Å². The smallest absolute Gasteiger partial charge is 0.259 e. The first-order valence-corrected chi connectivity index (χ1v) is 8.48. The molecule has 0 spiro atoms. The lowest BCUT2D eigenvalue weighted by molar-refractivity contribution is 0.0754. The lowest BCUT2D eigenvalue weighted by Crippen LogP contribution is -2.30. The maximum atomic E-state index is 12.9. The zero-order chi connectivity index (χ0) is 16.4. The third-order valence-corrected chi connectivity index (χ3v) is 4.85. The van der Waals surface area contributed by atoms with E-state index in [0.29, 0.717) is 18.7 Å². The summed E-state index contributed by atoms with van der Waals surface area (Å²) >= 11 is 7.47. The molecule has 3 aromatic heterocycles. The highest BCUT2D eigenvalue weighted by molar-refractivity contribution is 7.16. The molecule has 5 nitrogen and oxygen atoms in total. The van der Waals surface area contributed by atoms with Gasteiger partial charge in [-0.15, -0.1) is 11.3 Å². The van der Waals surface area contributed by atoms with Crippen molar-refractivity contribution in [1.29, 1.82) is 0 Å². The number of amides is 1. The summed E-state index contributed by atoms with van der Waals surface area (Å²) in [5, 5.41) is 4.25. The number of hydrogen-bond acceptors (Lipinski definition) is 3. The Hall–Kier alpha value is -2.05. The SMILES string of the molecule is CCN(Cc1ccc(Cl)s1)C(=O)c1cnn(C)c1-n1cccc1. The molecule has 0 atom stereocenters. The molecule has 120 valence electrons. The average molecular weight is 349 g/mol. The molecule has 0 N–H and O–H groups in total. The molecule has 0 aliphatic heterocycles. The molecule has 0 saturated carbocycles. The van der Waals surface area contributed by atoms with Gasteiger partial charge < -0.3 is 9.47 Å². The van der Waals surface area contributed by atoms with Gasteiger partial charge in [-0.2, -0.15) is 5.10 Å². The highest BCUT2D eigenvalue weighted by Crippen LogP contribution is 2.24. The Morgan fingerprint density at radius 1 is 1.35 bits per heavy atom. The van der Waals surface area contributed by atoms with Crippen LogP contribution in [0.3, 0.4) is 0 Å². The van der Waals surface area contributed by atoms with Gasteiger partial charge in [0.2, 0.25) is 0 Å². The minimum Gasteiger partial charge on any atom is -0.334 e. The van der Waals surface area contributed by atoms with Crippen molar-refractivity contribution in [3.05, 3.63) is 57.6 Å². The maximum Gasteiger partial charge on any atom is 0.259 e. The third-order valence-electron chi connectivity index (χ3n) is 3.63. The molecular formula is C16H17ClN4OS. The molecule has 3 aromatic rings. The molecule has 0 aliphatic rings. The molecule has 0 bridgehead atoms. The second kappa shape index (κ2) is 6.60. The van der Waals surface area contributed by atoms with Crippen LogP contribution in [0.2, 0.25) is 4.34 Å². The predicted molar refractivity (Wildman–Crippen MR) is 92.3 cm³/mol. The highest BCUT2D eigenvalue weighted by atomic mass is 35.5. The van der Waals surface area contributed by atoms with Gasteiger partial charge in [-0.25, -0.2) is 0 Å². The Kier molecular flexibility index (Phi) is 4.54. The fourth-order valence-electron chi connectivity index (χ4n) is 2.49. The fourth-order valence-corrected chi connectivity index (χ4v) is 3.59. The Morgan fingerprint density at radius 2 is 2.09 bits per heavy atom. The molecule has 3 rings (SSSR count). The maximum absolute atomic E-state index is 12.9. The Morgan fingerprint density at radius 3 is 2.70 bits per heavy atom. The van der Waals surface area contributed by atoms with E-state index in [9.17, 15) is 4.79 Å². The predicted octanol–water partition coefficient (Wildman–Crippen LogP) is 3.59. The second-order valence-corrected chi connectivity index (χ2v) is 6.92. The molecule has 0 radical (unpaired) electrons. The summed E-state index contributed by atoms with van der Waals surface area (Å²) in [6.07, 6.45) is 5.44. The molecule has 3 heterocycles. The van der Waals surface area contributed by atoms with E-state index in [-0.39, 0.29) is 5.91 Å². The largest absolute Gasteiger partial charge is 0.334 e. The van der Waals surface area contributed by atoms with Gasteiger partial charge in [0.05, 0.1) is 17.1 Å². The average Bonchev–Trinajstić information content (AvgIpc) is 3.25.